The quantitative estimate of drug-likeness (QED) is 0.775. The molecule has 0 aliphatic carbocycles. The Morgan fingerprint density at radius 2 is 1.83 bits per heavy atom. The Kier molecular flexibility index (Phi) is 6.45. The number of carbonyl (C=O) groups excluding carboxylic acids is 1. The fourth-order valence-corrected chi connectivity index (χ4v) is 5.32. The predicted molar refractivity (Wildman–Crippen MR) is 115 cm³/mol. The number of thiazole rings is 1. The van der Waals surface area contributed by atoms with Crippen molar-refractivity contribution in [2.75, 3.05) is 26.2 Å². The largest absolute Gasteiger partial charge is 0.332 e. The summed E-state index contributed by atoms with van der Waals surface area (Å²) in [6.45, 7) is 7.70. The number of sulfonamides is 1. The second-order valence-electron chi connectivity index (χ2n) is 8.08. The summed E-state index contributed by atoms with van der Waals surface area (Å²) in [5, 5.41) is 14.7. The predicted octanol–water partition coefficient (Wildman–Crippen LogP) is 2.53. The van der Waals surface area contributed by atoms with Crippen LogP contribution >= 0.6 is 11.3 Å². The minimum atomic E-state index is -3.65. The number of piperazine rings is 1. The van der Waals surface area contributed by atoms with Crippen LogP contribution in [0, 0.1) is 11.3 Å². The van der Waals surface area contributed by atoms with E-state index in [1.54, 1.807) is 16.2 Å². The van der Waals surface area contributed by atoms with Crippen molar-refractivity contribution in [3.8, 4) is 6.07 Å². The Bertz CT molecular complexity index is 1040. The maximum absolute atomic E-state index is 12.8. The molecular weight excluding hydrogens is 422 g/mol. The number of amides is 2. The van der Waals surface area contributed by atoms with Crippen molar-refractivity contribution in [1.29, 1.82) is 5.26 Å². The third-order valence-electron chi connectivity index (χ3n) is 4.76. The van der Waals surface area contributed by atoms with E-state index < -0.39 is 10.0 Å². The number of hydrogen-bond acceptors (Lipinski definition) is 6. The van der Waals surface area contributed by atoms with Gasteiger partial charge < -0.3 is 10.2 Å². The van der Waals surface area contributed by atoms with Gasteiger partial charge in [-0.3, -0.25) is 0 Å². The molecule has 0 spiro atoms. The van der Waals surface area contributed by atoms with E-state index in [9.17, 15) is 13.2 Å². The first-order valence-corrected chi connectivity index (χ1v) is 11.9. The maximum Gasteiger partial charge on any atom is 0.317 e. The molecule has 0 radical (unpaired) electrons. The fourth-order valence-electron chi connectivity index (χ4n) is 2.99. The molecule has 1 aliphatic heterocycles. The maximum atomic E-state index is 12.8. The molecule has 3 rings (SSSR count). The molecule has 1 N–H and O–H groups in total. The molecule has 30 heavy (non-hydrogen) atoms. The SMILES string of the molecule is CC(C)(C)c1nc(CNC(=O)N2CCN(S(=O)(=O)c3ccc(C#N)cc3)CC2)cs1. The number of nitrogens with one attached hydrogen (secondary N) is 1. The highest BCUT2D eigenvalue weighted by atomic mass is 32.2. The zero-order valence-electron chi connectivity index (χ0n) is 17.3. The lowest BCUT2D eigenvalue weighted by Crippen LogP contribution is -2.52. The number of aromatic nitrogens is 1. The topological polar surface area (TPSA) is 106 Å². The Morgan fingerprint density at radius 3 is 2.37 bits per heavy atom. The van der Waals surface area contributed by atoms with Gasteiger partial charge >= 0.3 is 6.03 Å². The highest BCUT2D eigenvalue weighted by Crippen LogP contribution is 2.25. The highest BCUT2D eigenvalue weighted by Gasteiger charge is 2.30. The number of hydrogen-bond donors (Lipinski definition) is 1. The first kappa shape index (κ1) is 22.2. The molecule has 0 bridgehead atoms. The lowest BCUT2D eigenvalue weighted by atomic mass is 9.98. The molecule has 10 heteroatoms. The summed E-state index contributed by atoms with van der Waals surface area (Å²) in [7, 11) is -3.65. The van der Waals surface area contributed by atoms with Crippen LogP contribution in [-0.4, -0.2) is 54.8 Å². The number of urea groups is 1. The van der Waals surface area contributed by atoms with Crippen LogP contribution in [-0.2, 0) is 22.0 Å². The summed E-state index contributed by atoms with van der Waals surface area (Å²) in [6.07, 6.45) is 0. The number of carbonyl (C=O) groups is 1. The molecule has 160 valence electrons. The second kappa shape index (κ2) is 8.71. The Labute approximate surface area is 181 Å². The molecule has 1 saturated heterocycles. The van der Waals surface area contributed by atoms with Crippen molar-refractivity contribution in [2.24, 2.45) is 0 Å². The van der Waals surface area contributed by atoms with E-state index in [4.69, 9.17) is 5.26 Å². The van der Waals surface area contributed by atoms with E-state index in [-0.39, 0.29) is 29.4 Å². The van der Waals surface area contributed by atoms with Gasteiger partial charge in [-0.25, -0.2) is 18.2 Å². The molecule has 0 unspecified atom stereocenters. The van der Waals surface area contributed by atoms with Crippen molar-refractivity contribution < 1.29 is 13.2 Å². The minimum absolute atomic E-state index is 0.0241. The van der Waals surface area contributed by atoms with E-state index in [2.05, 4.69) is 31.1 Å². The third kappa shape index (κ3) is 4.98. The Morgan fingerprint density at radius 1 is 1.20 bits per heavy atom. The van der Waals surface area contributed by atoms with Crippen molar-refractivity contribution in [2.45, 2.75) is 37.6 Å². The van der Waals surface area contributed by atoms with Gasteiger partial charge in [0.2, 0.25) is 10.0 Å². The first-order chi connectivity index (χ1) is 14.1. The van der Waals surface area contributed by atoms with Gasteiger partial charge in [0.25, 0.3) is 0 Å². The molecule has 1 fully saturated rings. The van der Waals surface area contributed by atoms with Gasteiger partial charge in [-0.15, -0.1) is 11.3 Å². The lowest BCUT2D eigenvalue weighted by Gasteiger charge is -2.33. The van der Waals surface area contributed by atoms with E-state index in [1.165, 1.54) is 28.6 Å². The summed E-state index contributed by atoms with van der Waals surface area (Å²) in [4.78, 5) is 18.8. The molecule has 2 amide bonds. The van der Waals surface area contributed by atoms with Gasteiger partial charge in [0.05, 0.1) is 33.8 Å². The smallest absolute Gasteiger partial charge is 0.317 e. The van der Waals surface area contributed by atoms with Crippen molar-refractivity contribution in [1.82, 2.24) is 19.5 Å². The number of nitrogens with zero attached hydrogens (tertiary/aromatic N) is 4. The summed E-state index contributed by atoms with van der Waals surface area (Å²) >= 11 is 1.58. The first-order valence-electron chi connectivity index (χ1n) is 9.59. The monoisotopic (exact) mass is 447 g/mol. The summed E-state index contributed by atoms with van der Waals surface area (Å²) < 4.78 is 26.9. The molecule has 0 saturated carbocycles. The van der Waals surface area contributed by atoms with Crippen molar-refractivity contribution >= 4 is 27.4 Å². The number of benzene rings is 1. The molecule has 2 heterocycles. The van der Waals surface area contributed by atoms with Crippen molar-refractivity contribution in [3.05, 3.63) is 45.9 Å². The van der Waals surface area contributed by atoms with Gasteiger partial charge in [-0.1, -0.05) is 20.8 Å². The molecule has 0 atom stereocenters. The average molecular weight is 448 g/mol. The molecule has 1 aromatic heterocycles. The average Bonchev–Trinajstić information content (AvgIpc) is 3.22. The van der Waals surface area contributed by atoms with Gasteiger partial charge in [0.15, 0.2) is 0 Å². The van der Waals surface area contributed by atoms with Gasteiger partial charge in [-0.2, -0.15) is 9.57 Å². The van der Waals surface area contributed by atoms with Gasteiger partial charge in [0.1, 0.15) is 0 Å². The summed E-state index contributed by atoms with van der Waals surface area (Å²) in [5.74, 6) is 0. The highest BCUT2D eigenvalue weighted by molar-refractivity contribution is 7.89. The van der Waals surface area contributed by atoms with Crippen LogP contribution in [0.15, 0.2) is 34.5 Å². The van der Waals surface area contributed by atoms with E-state index in [1.807, 2.05) is 11.4 Å². The number of nitriles is 1. The molecule has 2 aromatic rings. The minimum Gasteiger partial charge on any atom is -0.332 e. The number of rotatable bonds is 4. The molecule has 1 aromatic carbocycles. The van der Waals surface area contributed by atoms with Crippen LogP contribution in [0.1, 0.15) is 37.0 Å². The second-order valence-corrected chi connectivity index (χ2v) is 10.9. The van der Waals surface area contributed by atoms with E-state index in [0.717, 1.165) is 10.7 Å². The third-order valence-corrected chi connectivity index (χ3v) is 7.99. The Balaban J connectivity index is 1.53. The standard InChI is InChI=1S/C20H25N5O3S2/c1-20(2,3)18-23-16(14-29-18)13-22-19(26)24-8-10-25(11-9-24)30(27,28)17-6-4-15(12-21)5-7-17/h4-7,14H,8-11,13H2,1-3H3,(H,22,26). The van der Waals surface area contributed by atoms with Crippen LogP contribution in [0.2, 0.25) is 0 Å². The van der Waals surface area contributed by atoms with Crippen LogP contribution in [0.5, 0.6) is 0 Å². The van der Waals surface area contributed by atoms with Crippen LogP contribution in [0.3, 0.4) is 0 Å². The molecule has 8 nitrogen and oxygen atoms in total. The van der Waals surface area contributed by atoms with Gasteiger partial charge in [-0.05, 0) is 24.3 Å². The fraction of sp³-hybridized carbons (Fsp3) is 0.450. The van der Waals surface area contributed by atoms with Crippen molar-refractivity contribution in [3.63, 3.8) is 0 Å². The summed E-state index contributed by atoms with van der Waals surface area (Å²) in [5.41, 5.74) is 1.20. The summed E-state index contributed by atoms with van der Waals surface area (Å²) in [6, 6.07) is 7.59. The van der Waals surface area contributed by atoms with E-state index >= 15 is 0 Å². The zero-order valence-corrected chi connectivity index (χ0v) is 18.9. The molecule has 1 aliphatic rings. The molecular formula is C20H25N5O3S2. The Hall–Kier alpha value is -2.48. The van der Waals surface area contributed by atoms with Crippen LogP contribution in [0.25, 0.3) is 0 Å². The normalized spacial score (nSPS) is 15.6. The van der Waals surface area contributed by atoms with E-state index in [0.29, 0.717) is 25.2 Å². The van der Waals surface area contributed by atoms with Gasteiger partial charge in [0, 0.05) is 37.0 Å². The van der Waals surface area contributed by atoms with Crippen LogP contribution in [0.4, 0.5) is 4.79 Å². The zero-order chi connectivity index (χ0) is 21.9. The van der Waals surface area contributed by atoms with Crippen LogP contribution < -0.4 is 5.32 Å². The lowest BCUT2D eigenvalue weighted by molar-refractivity contribution is 0.172.